The summed E-state index contributed by atoms with van der Waals surface area (Å²) >= 11 is 3.51. The molecule has 0 aromatic carbocycles. The minimum absolute atomic E-state index is 0.310. The highest BCUT2D eigenvalue weighted by Gasteiger charge is 2.27. The van der Waals surface area contributed by atoms with Gasteiger partial charge in [0.15, 0.2) is 0 Å². The number of ether oxygens (including phenoxy) is 1. The predicted octanol–water partition coefficient (Wildman–Crippen LogP) is 2.68. The third kappa shape index (κ3) is 4.31. The Morgan fingerprint density at radius 2 is 2.07 bits per heavy atom. The highest BCUT2D eigenvalue weighted by molar-refractivity contribution is 9.09. The average molecular weight is 264 g/mol. The summed E-state index contributed by atoms with van der Waals surface area (Å²) < 4.78 is 5.12. The maximum absolute atomic E-state index is 11.2. The number of hydrogen-bond donors (Lipinski definition) is 1. The molecule has 0 unspecified atom stereocenters. The molecule has 0 atom stereocenters. The van der Waals surface area contributed by atoms with Gasteiger partial charge in [0.2, 0.25) is 0 Å². The molecule has 1 rings (SSSR count). The Morgan fingerprint density at radius 3 is 2.50 bits per heavy atom. The SMILES string of the molecule is CC(C)(C)OC(=O)NCC1CC(Br)C1. The van der Waals surface area contributed by atoms with E-state index in [2.05, 4.69) is 21.2 Å². The first-order chi connectivity index (χ1) is 6.37. The summed E-state index contributed by atoms with van der Waals surface area (Å²) in [5.74, 6) is 0.617. The molecule has 1 amide bonds. The van der Waals surface area contributed by atoms with Crippen LogP contribution < -0.4 is 5.32 Å². The Balaban J connectivity index is 2.10. The largest absolute Gasteiger partial charge is 0.444 e. The number of nitrogens with one attached hydrogen (secondary N) is 1. The van der Waals surface area contributed by atoms with Crippen molar-refractivity contribution < 1.29 is 9.53 Å². The van der Waals surface area contributed by atoms with E-state index < -0.39 is 5.60 Å². The molecule has 1 aliphatic rings. The Kier molecular flexibility index (Phi) is 3.81. The lowest BCUT2D eigenvalue weighted by Gasteiger charge is -2.31. The van der Waals surface area contributed by atoms with Crippen molar-refractivity contribution in [2.45, 2.75) is 44.0 Å². The summed E-state index contributed by atoms with van der Waals surface area (Å²) in [5.41, 5.74) is -0.401. The first-order valence-electron chi connectivity index (χ1n) is 4.98. The average Bonchev–Trinajstić information content (AvgIpc) is 1.92. The van der Waals surface area contributed by atoms with Crippen LogP contribution in [0.1, 0.15) is 33.6 Å². The van der Waals surface area contributed by atoms with Crippen LogP contribution in [0.25, 0.3) is 0 Å². The van der Waals surface area contributed by atoms with Crippen molar-refractivity contribution in [2.24, 2.45) is 5.92 Å². The maximum atomic E-state index is 11.2. The van der Waals surface area contributed by atoms with Crippen molar-refractivity contribution in [1.82, 2.24) is 5.32 Å². The quantitative estimate of drug-likeness (QED) is 0.779. The Morgan fingerprint density at radius 1 is 1.50 bits per heavy atom. The van der Waals surface area contributed by atoms with Gasteiger partial charge in [-0.15, -0.1) is 0 Å². The fourth-order valence-corrected chi connectivity index (χ4v) is 2.42. The molecule has 1 aliphatic carbocycles. The topological polar surface area (TPSA) is 38.3 Å². The van der Waals surface area contributed by atoms with Gasteiger partial charge in [0.05, 0.1) is 0 Å². The number of carbonyl (C=O) groups excluding carboxylic acids is 1. The van der Waals surface area contributed by atoms with E-state index in [9.17, 15) is 4.79 Å². The van der Waals surface area contributed by atoms with Crippen LogP contribution in [-0.4, -0.2) is 23.1 Å². The third-order valence-electron chi connectivity index (χ3n) is 2.11. The number of rotatable bonds is 2. The summed E-state index contributed by atoms with van der Waals surface area (Å²) in [6.07, 6.45) is 1.99. The van der Waals surface area contributed by atoms with Crippen LogP contribution >= 0.6 is 15.9 Å². The molecule has 3 nitrogen and oxygen atoms in total. The van der Waals surface area contributed by atoms with E-state index in [0.29, 0.717) is 10.7 Å². The van der Waals surface area contributed by atoms with Gasteiger partial charge in [0.25, 0.3) is 0 Å². The summed E-state index contributed by atoms with van der Waals surface area (Å²) in [6, 6.07) is 0. The number of alkyl halides is 1. The van der Waals surface area contributed by atoms with E-state index in [1.54, 1.807) is 0 Å². The van der Waals surface area contributed by atoms with Crippen LogP contribution in [0.5, 0.6) is 0 Å². The van der Waals surface area contributed by atoms with Gasteiger partial charge in [-0.2, -0.15) is 0 Å². The Hall–Kier alpha value is -0.250. The molecule has 1 saturated carbocycles. The predicted molar refractivity (Wildman–Crippen MR) is 59.7 cm³/mol. The van der Waals surface area contributed by atoms with Gasteiger partial charge < -0.3 is 10.1 Å². The highest BCUT2D eigenvalue weighted by Crippen LogP contribution is 2.32. The number of amides is 1. The molecule has 4 heteroatoms. The van der Waals surface area contributed by atoms with Crippen LogP contribution in [0.2, 0.25) is 0 Å². The lowest BCUT2D eigenvalue weighted by molar-refractivity contribution is 0.0511. The molecule has 0 saturated heterocycles. The van der Waals surface area contributed by atoms with E-state index in [1.165, 1.54) is 0 Å². The second kappa shape index (κ2) is 4.51. The summed E-state index contributed by atoms with van der Waals surface area (Å²) in [5, 5.41) is 2.78. The van der Waals surface area contributed by atoms with Crippen LogP contribution in [0.15, 0.2) is 0 Å². The van der Waals surface area contributed by atoms with Gasteiger partial charge in [-0.05, 0) is 39.5 Å². The van der Waals surface area contributed by atoms with E-state index in [4.69, 9.17) is 4.74 Å². The van der Waals surface area contributed by atoms with E-state index in [-0.39, 0.29) is 6.09 Å². The minimum atomic E-state index is -0.401. The molecule has 0 aromatic rings. The fourth-order valence-electron chi connectivity index (χ4n) is 1.36. The summed E-state index contributed by atoms with van der Waals surface area (Å²) in [4.78, 5) is 11.9. The second-order valence-corrected chi connectivity index (χ2v) is 6.11. The summed E-state index contributed by atoms with van der Waals surface area (Å²) in [6.45, 7) is 6.33. The molecule has 14 heavy (non-hydrogen) atoms. The highest BCUT2D eigenvalue weighted by atomic mass is 79.9. The van der Waals surface area contributed by atoms with Gasteiger partial charge in [-0.1, -0.05) is 15.9 Å². The van der Waals surface area contributed by atoms with Crippen molar-refractivity contribution in [3.63, 3.8) is 0 Å². The molecule has 1 N–H and O–H groups in total. The fraction of sp³-hybridized carbons (Fsp3) is 0.900. The molecule has 0 heterocycles. The molecule has 0 radical (unpaired) electrons. The minimum Gasteiger partial charge on any atom is -0.444 e. The number of hydrogen-bond acceptors (Lipinski definition) is 2. The summed E-state index contributed by atoms with van der Waals surface area (Å²) in [7, 11) is 0. The van der Waals surface area contributed by atoms with Gasteiger partial charge >= 0.3 is 6.09 Å². The number of alkyl carbamates (subject to hydrolysis) is 1. The smallest absolute Gasteiger partial charge is 0.407 e. The first-order valence-corrected chi connectivity index (χ1v) is 5.89. The van der Waals surface area contributed by atoms with Crippen LogP contribution in [-0.2, 0) is 4.74 Å². The van der Waals surface area contributed by atoms with Crippen molar-refractivity contribution in [1.29, 1.82) is 0 Å². The van der Waals surface area contributed by atoms with E-state index >= 15 is 0 Å². The zero-order valence-corrected chi connectivity index (χ0v) is 10.6. The van der Waals surface area contributed by atoms with E-state index in [1.807, 2.05) is 20.8 Å². The zero-order chi connectivity index (χ0) is 10.8. The maximum Gasteiger partial charge on any atom is 0.407 e. The first kappa shape index (κ1) is 11.8. The van der Waals surface area contributed by atoms with Crippen molar-refractivity contribution in [3.05, 3.63) is 0 Å². The van der Waals surface area contributed by atoms with Crippen LogP contribution in [0, 0.1) is 5.92 Å². The van der Waals surface area contributed by atoms with Crippen molar-refractivity contribution in [3.8, 4) is 0 Å². The molecule has 1 fully saturated rings. The van der Waals surface area contributed by atoms with Gasteiger partial charge in [0, 0.05) is 11.4 Å². The van der Waals surface area contributed by atoms with Crippen LogP contribution in [0.4, 0.5) is 4.79 Å². The number of halogens is 1. The van der Waals surface area contributed by atoms with Gasteiger partial charge in [0.1, 0.15) is 5.60 Å². The van der Waals surface area contributed by atoms with E-state index in [0.717, 1.165) is 19.4 Å². The zero-order valence-electron chi connectivity index (χ0n) is 8.97. The molecule has 0 spiro atoms. The third-order valence-corrected chi connectivity index (χ3v) is 2.86. The van der Waals surface area contributed by atoms with Gasteiger partial charge in [-0.3, -0.25) is 0 Å². The Labute approximate surface area is 93.7 Å². The molecular weight excluding hydrogens is 246 g/mol. The van der Waals surface area contributed by atoms with Crippen molar-refractivity contribution in [2.75, 3.05) is 6.54 Å². The molecular formula is C10H18BrNO2. The normalized spacial score (nSPS) is 26.6. The number of carbonyl (C=O) groups is 1. The van der Waals surface area contributed by atoms with Crippen LogP contribution in [0.3, 0.4) is 0 Å². The molecule has 0 aliphatic heterocycles. The Bertz CT molecular complexity index is 207. The molecule has 0 aromatic heterocycles. The van der Waals surface area contributed by atoms with Crippen molar-refractivity contribution >= 4 is 22.0 Å². The second-order valence-electron chi connectivity index (χ2n) is 4.82. The lowest BCUT2D eigenvalue weighted by Crippen LogP contribution is -2.39. The van der Waals surface area contributed by atoms with Gasteiger partial charge in [-0.25, -0.2) is 4.79 Å². The monoisotopic (exact) mass is 263 g/mol. The molecule has 0 bridgehead atoms. The molecule has 82 valence electrons. The lowest BCUT2D eigenvalue weighted by atomic mass is 9.85. The standard InChI is InChI=1S/C10H18BrNO2/c1-10(2,3)14-9(13)12-6-7-4-8(11)5-7/h7-8H,4-6H2,1-3H3,(H,12,13).